The molecule has 1 fully saturated rings. The van der Waals surface area contributed by atoms with Crippen molar-refractivity contribution in [3.8, 4) is 5.75 Å². The second-order valence-corrected chi connectivity index (χ2v) is 9.34. The van der Waals surface area contributed by atoms with Crippen molar-refractivity contribution in [3.05, 3.63) is 36.0 Å². The fraction of sp³-hybridized carbons (Fsp3) is 0.389. The van der Waals surface area contributed by atoms with E-state index >= 15 is 0 Å². The van der Waals surface area contributed by atoms with Crippen LogP contribution in [0.5, 0.6) is 5.75 Å². The molecule has 3 heterocycles. The minimum atomic E-state index is -3.50. The van der Waals surface area contributed by atoms with E-state index in [-0.39, 0.29) is 28.6 Å². The third-order valence-electron chi connectivity index (χ3n) is 4.55. The number of anilines is 2. The van der Waals surface area contributed by atoms with Crippen LogP contribution in [0.4, 0.5) is 16.0 Å². The Bertz CT molecular complexity index is 1190. The van der Waals surface area contributed by atoms with Gasteiger partial charge >= 0.3 is 0 Å². The second-order valence-electron chi connectivity index (χ2n) is 7.33. The molecule has 3 aromatic rings. The van der Waals surface area contributed by atoms with Crippen molar-refractivity contribution in [1.82, 2.24) is 30.4 Å². The molecule has 1 aliphatic rings. The number of nitrogens with zero attached hydrogens (tertiary/aromatic N) is 4. The monoisotopic (exact) mass is 435 g/mol. The van der Waals surface area contributed by atoms with E-state index in [4.69, 9.17) is 4.74 Å². The summed E-state index contributed by atoms with van der Waals surface area (Å²) in [6.45, 7) is 5.23. The maximum atomic E-state index is 14.4. The lowest BCUT2D eigenvalue weighted by Gasteiger charge is -2.16. The summed E-state index contributed by atoms with van der Waals surface area (Å²) < 4.78 is 45.1. The van der Waals surface area contributed by atoms with Crippen LogP contribution in [0.2, 0.25) is 0 Å². The molecule has 1 aliphatic heterocycles. The first-order chi connectivity index (χ1) is 14.2. The van der Waals surface area contributed by atoms with Crippen LogP contribution in [-0.4, -0.2) is 53.4 Å². The van der Waals surface area contributed by atoms with Gasteiger partial charge < -0.3 is 10.1 Å². The molecule has 0 radical (unpaired) electrons. The average Bonchev–Trinajstić information content (AvgIpc) is 3.32. The summed E-state index contributed by atoms with van der Waals surface area (Å²) in [6, 6.07) is 3.62. The third-order valence-corrected chi connectivity index (χ3v) is 5.66. The van der Waals surface area contributed by atoms with Gasteiger partial charge in [-0.3, -0.25) is 10.9 Å². The number of fused-ring (bicyclic) bond motifs is 1. The Morgan fingerprint density at radius 3 is 2.67 bits per heavy atom. The largest absolute Gasteiger partial charge is 0.485 e. The highest BCUT2D eigenvalue weighted by atomic mass is 32.2. The van der Waals surface area contributed by atoms with Crippen LogP contribution in [0.25, 0.3) is 5.65 Å². The second kappa shape index (κ2) is 7.78. The quantitative estimate of drug-likeness (QED) is 0.527. The molecular formula is C18H22FN7O3S. The summed E-state index contributed by atoms with van der Waals surface area (Å²) in [4.78, 5) is 8.86. The van der Waals surface area contributed by atoms with Crippen molar-refractivity contribution in [2.24, 2.45) is 0 Å². The van der Waals surface area contributed by atoms with Gasteiger partial charge in [-0.2, -0.15) is 9.50 Å². The molecule has 0 bridgehead atoms. The van der Waals surface area contributed by atoms with Crippen LogP contribution < -0.4 is 20.9 Å². The van der Waals surface area contributed by atoms with Gasteiger partial charge in [-0.1, -0.05) is 0 Å². The molecule has 160 valence electrons. The van der Waals surface area contributed by atoms with E-state index < -0.39 is 15.7 Å². The van der Waals surface area contributed by atoms with Crippen LogP contribution in [0, 0.1) is 5.82 Å². The minimum Gasteiger partial charge on any atom is -0.485 e. The summed E-state index contributed by atoms with van der Waals surface area (Å²) in [6.07, 6.45) is 2.46. The number of hydrogen-bond acceptors (Lipinski definition) is 9. The Kier molecular flexibility index (Phi) is 5.30. The molecular weight excluding hydrogens is 413 g/mol. The lowest BCUT2D eigenvalue weighted by molar-refractivity contribution is 0.239. The Balaban J connectivity index is 1.71. The average molecular weight is 435 g/mol. The Labute approximate surface area is 172 Å². The standard InChI is InChI=1S/C18H22FN7O3S/c1-10(2)29-16-15(11-7-21-22-8-11)20-9-26-17(16)24-18(25-26)23-14-5-4-12(6-13(14)19)30(3,27)28/h4-6,9-11,21-22H,7-8H2,1-3H3,(H,23,25). The fourth-order valence-electron chi connectivity index (χ4n) is 3.15. The smallest absolute Gasteiger partial charge is 0.247 e. The van der Waals surface area contributed by atoms with Crippen LogP contribution in [0.3, 0.4) is 0 Å². The van der Waals surface area contributed by atoms with Crippen molar-refractivity contribution >= 4 is 27.1 Å². The van der Waals surface area contributed by atoms with E-state index in [1.165, 1.54) is 23.0 Å². The molecule has 1 aromatic carbocycles. The van der Waals surface area contributed by atoms with E-state index in [0.717, 1.165) is 18.0 Å². The maximum Gasteiger partial charge on any atom is 0.247 e. The van der Waals surface area contributed by atoms with Gasteiger partial charge in [0.05, 0.1) is 22.4 Å². The molecule has 3 N–H and O–H groups in total. The molecule has 1 saturated heterocycles. The molecule has 0 aliphatic carbocycles. The number of ether oxygens (including phenoxy) is 1. The zero-order valence-electron chi connectivity index (χ0n) is 16.7. The zero-order valence-corrected chi connectivity index (χ0v) is 17.5. The molecule has 30 heavy (non-hydrogen) atoms. The molecule has 10 nitrogen and oxygen atoms in total. The SMILES string of the molecule is CC(C)Oc1c(C2CNNC2)ncn2nc(Nc3ccc(S(C)(=O)=O)cc3F)nc12. The number of benzene rings is 1. The summed E-state index contributed by atoms with van der Waals surface area (Å²) in [5, 5.41) is 7.08. The molecule has 2 aromatic heterocycles. The van der Waals surface area contributed by atoms with Crippen molar-refractivity contribution in [3.63, 3.8) is 0 Å². The fourth-order valence-corrected chi connectivity index (χ4v) is 3.78. The highest BCUT2D eigenvalue weighted by molar-refractivity contribution is 7.90. The van der Waals surface area contributed by atoms with Gasteiger partial charge in [0.25, 0.3) is 0 Å². The maximum absolute atomic E-state index is 14.4. The Morgan fingerprint density at radius 2 is 2.03 bits per heavy atom. The number of hydrogen-bond donors (Lipinski definition) is 3. The summed E-state index contributed by atoms with van der Waals surface area (Å²) >= 11 is 0. The first kappa shape index (κ1) is 20.4. The van der Waals surface area contributed by atoms with Gasteiger partial charge in [-0.15, -0.1) is 5.10 Å². The Morgan fingerprint density at radius 1 is 1.30 bits per heavy atom. The van der Waals surface area contributed by atoms with Crippen molar-refractivity contribution in [2.45, 2.75) is 30.8 Å². The lowest BCUT2D eigenvalue weighted by Crippen LogP contribution is -2.21. The summed E-state index contributed by atoms with van der Waals surface area (Å²) in [5.74, 6) is 0.0443. The summed E-state index contributed by atoms with van der Waals surface area (Å²) in [5.41, 5.74) is 7.42. The molecule has 0 unspecified atom stereocenters. The number of hydrazine groups is 1. The summed E-state index contributed by atoms with van der Waals surface area (Å²) in [7, 11) is -3.50. The number of halogens is 1. The molecule has 12 heteroatoms. The number of nitrogens with one attached hydrogen (secondary N) is 3. The lowest BCUT2D eigenvalue weighted by atomic mass is 10.1. The van der Waals surface area contributed by atoms with Gasteiger partial charge in [0.2, 0.25) is 11.6 Å². The number of sulfone groups is 1. The molecule has 0 atom stereocenters. The van der Waals surface area contributed by atoms with Gasteiger partial charge in [-0.25, -0.2) is 17.8 Å². The first-order valence-electron chi connectivity index (χ1n) is 9.36. The van der Waals surface area contributed by atoms with Crippen LogP contribution in [0.15, 0.2) is 29.4 Å². The highest BCUT2D eigenvalue weighted by Gasteiger charge is 2.26. The van der Waals surface area contributed by atoms with E-state index in [1.54, 1.807) is 0 Å². The normalized spacial score (nSPS) is 15.2. The zero-order chi connectivity index (χ0) is 21.5. The highest BCUT2D eigenvalue weighted by Crippen LogP contribution is 2.31. The number of rotatable bonds is 6. The van der Waals surface area contributed by atoms with Crippen molar-refractivity contribution in [1.29, 1.82) is 0 Å². The predicted molar refractivity (Wildman–Crippen MR) is 108 cm³/mol. The predicted octanol–water partition coefficient (Wildman–Crippen LogP) is 1.39. The van der Waals surface area contributed by atoms with E-state index in [9.17, 15) is 12.8 Å². The third kappa shape index (κ3) is 4.06. The minimum absolute atomic E-state index is 0.0574. The van der Waals surface area contributed by atoms with Crippen molar-refractivity contribution < 1.29 is 17.5 Å². The first-order valence-corrected chi connectivity index (χ1v) is 11.3. The van der Waals surface area contributed by atoms with Crippen molar-refractivity contribution in [2.75, 3.05) is 24.7 Å². The van der Waals surface area contributed by atoms with Crippen LogP contribution in [0.1, 0.15) is 25.5 Å². The topological polar surface area (TPSA) is 123 Å². The molecule has 0 amide bonds. The van der Waals surface area contributed by atoms with E-state index in [2.05, 4.69) is 31.2 Å². The van der Waals surface area contributed by atoms with Crippen LogP contribution in [-0.2, 0) is 9.84 Å². The van der Waals surface area contributed by atoms with E-state index in [1.807, 2.05) is 13.8 Å². The van der Waals surface area contributed by atoms with Crippen LogP contribution >= 0.6 is 0 Å². The van der Waals surface area contributed by atoms with E-state index in [0.29, 0.717) is 24.5 Å². The van der Waals surface area contributed by atoms with Gasteiger partial charge in [0.1, 0.15) is 12.1 Å². The molecule has 0 spiro atoms. The molecule has 0 saturated carbocycles. The number of aromatic nitrogens is 4. The Hall–Kier alpha value is -2.83. The molecule has 4 rings (SSSR count). The van der Waals surface area contributed by atoms with Gasteiger partial charge in [0.15, 0.2) is 15.6 Å². The van der Waals surface area contributed by atoms with Gasteiger partial charge in [-0.05, 0) is 32.0 Å². The van der Waals surface area contributed by atoms with Gasteiger partial charge in [0, 0.05) is 25.3 Å².